The van der Waals surface area contributed by atoms with Crippen molar-refractivity contribution in [3.63, 3.8) is 0 Å². The van der Waals surface area contributed by atoms with Crippen LogP contribution in [0.15, 0.2) is 0 Å². The van der Waals surface area contributed by atoms with Crippen LogP contribution in [0.3, 0.4) is 0 Å². The number of nitro benzene ring substituents is 1. The summed E-state index contributed by atoms with van der Waals surface area (Å²) in [4.78, 5) is 10.7. The Bertz CT molecular complexity index is 527. The van der Waals surface area contributed by atoms with Gasteiger partial charge in [0.05, 0.1) is 10.5 Å². The number of anilines is 1. The maximum atomic E-state index is 11.1. The lowest BCUT2D eigenvalue weighted by Gasteiger charge is -2.18. The van der Waals surface area contributed by atoms with Crippen LogP contribution in [-0.4, -0.2) is 10.5 Å². The Balaban J connectivity index is 0.00000162. The molecule has 1 aliphatic rings. The third kappa shape index (κ3) is 1.99. The minimum absolute atomic E-state index is 0. The maximum absolute atomic E-state index is 11.1. The zero-order valence-electron chi connectivity index (χ0n) is 10.9. The van der Waals surface area contributed by atoms with E-state index in [2.05, 4.69) is 0 Å². The molecule has 0 bridgehead atoms. The fourth-order valence-electron chi connectivity index (χ4n) is 2.30. The summed E-state index contributed by atoms with van der Waals surface area (Å²) in [5.41, 5.74) is 7.96. The molecule has 1 aliphatic heterocycles. The van der Waals surface area contributed by atoms with Gasteiger partial charge in [-0.25, -0.2) is 0 Å². The summed E-state index contributed by atoms with van der Waals surface area (Å²) >= 11 is 0. The Morgan fingerprint density at radius 2 is 1.89 bits per heavy atom. The highest BCUT2D eigenvalue weighted by Crippen LogP contribution is 2.47. The number of hydrogen-bond acceptors (Lipinski definition) is 4. The normalized spacial score (nSPS) is 15.6. The average molecular weight is 273 g/mol. The van der Waals surface area contributed by atoms with E-state index in [0.717, 1.165) is 11.1 Å². The van der Waals surface area contributed by atoms with Gasteiger partial charge in [0.1, 0.15) is 17.0 Å². The van der Waals surface area contributed by atoms with Crippen LogP contribution >= 0.6 is 12.4 Å². The Hall–Kier alpha value is -1.49. The largest absolute Gasteiger partial charge is 0.487 e. The number of ether oxygens (including phenoxy) is 1. The van der Waals surface area contributed by atoms with E-state index in [1.165, 1.54) is 0 Å². The predicted molar refractivity (Wildman–Crippen MR) is 72.6 cm³/mol. The van der Waals surface area contributed by atoms with E-state index in [-0.39, 0.29) is 23.8 Å². The molecule has 0 fully saturated rings. The topological polar surface area (TPSA) is 78.4 Å². The lowest BCUT2D eigenvalue weighted by Crippen LogP contribution is -2.24. The SMILES string of the molecule is Cc1c(C)c2c(c([N+](=O)[O-])c1N)CC(C)(C)O2.Cl. The zero-order chi connectivity index (χ0) is 13.0. The second-order valence-electron chi connectivity index (χ2n) is 5.12. The van der Waals surface area contributed by atoms with Crippen molar-refractivity contribution in [1.82, 2.24) is 0 Å². The maximum Gasteiger partial charge on any atom is 0.299 e. The first kappa shape index (κ1) is 14.6. The smallest absolute Gasteiger partial charge is 0.299 e. The number of rotatable bonds is 1. The molecule has 5 nitrogen and oxygen atoms in total. The molecule has 1 aromatic rings. The van der Waals surface area contributed by atoms with Crippen LogP contribution in [0, 0.1) is 24.0 Å². The Morgan fingerprint density at radius 3 is 2.39 bits per heavy atom. The van der Waals surface area contributed by atoms with Crippen LogP contribution in [-0.2, 0) is 6.42 Å². The molecule has 1 heterocycles. The van der Waals surface area contributed by atoms with E-state index >= 15 is 0 Å². The van der Waals surface area contributed by atoms with Crippen molar-refractivity contribution in [1.29, 1.82) is 0 Å². The number of nitrogens with two attached hydrogens (primary N) is 1. The van der Waals surface area contributed by atoms with Gasteiger partial charge in [-0.05, 0) is 38.8 Å². The number of hydrogen-bond donors (Lipinski definition) is 1. The molecule has 2 rings (SSSR count). The molecule has 2 N–H and O–H groups in total. The van der Waals surface area contributed by atoms with E-state index in [1.54, 1.807) is 6.92 Å². The fourth-order valence-corrected chi connectivity index (χ4v) is 2.30. The number of halogens is 1. The van der Waals surface area contributed by atoms with E-state index in [9.17, 15) is 10.1 Å². The van der Waals surface area contributed by atoms with Crippen LogP contribution in [0.25, 0.3) is 0 Å². The molecule has 0 amide bonds. The summed E-state index contributed by atoms with van der Waals surface area (Å²) in [6, 6.07) is 0. The minimum atomic E-state index is -0.411. The molecule has 0 unspecified atom stereocenters. The molecule has 0 aliphatic carbocycles. The first-order valence-electron chi connectivity index (χ1n) is 5.49. The minimum Gasteiger partial charge on any atom is -0.487 e. The van der Waals surface area contributed by atoms with Gasteiger partial charge >= 0.3 is 0 Å². The molecular weight excluding hydrogens is 256 g/mol. The third-order valence-electron chi connectivity index (χ3n) is 3.29. The number of nitro groups is 1. The molecule has 0 saturated heterocycles. The molecule has 100 valence electrons. The van der Waals surface area contributed by atoms with Crippen molar-refractivity contribution in [2.24, 2.45) is 0 Å². The van der Waals surface area contributed by atoms with Gasteiger partial charge in [-0.2, -0.15) is 0 Å². The lowest BCUT2D eigenvalue weighted by atomic mass is 9.95. The molecule has 0 aromatic heterocycles. The second-order valence-corrected chi connectivity index (χ2v) is 5.12. The Kier molecular flexibility index (Phi) is 3.49. The van der Waals surface area contributed by atoms with Crippen LogP contribution in [0.2, 0.25) is 0 Å². The van der Waals surface area contributed by atoms with Gasteiger partial charge in [-0.1, -0.05) is 0 Å². The summed E-state index contributed by atoms with van der Waals surface area (Å²) in [6.45, 7) is 7.51. The van der Waals surface area contributed by atoms with Crippen LogP contribution < -0.4 is 10.5 Å². The summed E-state index contributed by atoms with van der Waals surface area (Å²) in [5, 5.41) is 11.1. The summed E-state index contributed by atoms with van der Waals surface area (Å²) in [7, 11) is 0. The number of nitrogen functional groups attached to an aromatic ring is 1. The first-order chi connectivity index (χ1) is 7.74. The number of nitrogens with zero attached hydrogens (tertiary/aromatic N) is 1. The number of benzene rings is 1. The number of fused-ring (bicyclic) bond motifs is 1. The monoisotopic (exact) mass is 272 g/mol. The van der Waals surface area contributed by atoms with E-state index in [0.29, 0.717) is 17.7 Å². The summed E-state index contributed by atoms with van der Waals surface area (Å²) in [5.74, 6) is 0.633. The van der Waals surface area contributed by atoms with Crippen molar-refractivity contribution in [2.45, 2.75) is 39.7 Å². The molecule has 0 spiro atoms. The van der Waals surface area contributed by atoms with Crippen molar-refractivity contribution in [3.8, 4) is 5.75 Å². The Labute approximate surface area is 112 Å². The van der Waals surface area contributed by atoms with E-state index in [4.69, 9.17) is 10.5 Å². The van der Waals surface area contributed by atoms with E-state index < -0.39 is 10.5 Å². The van der Waals surface area contributed by atoms with Gasteiger partial charge in [0.25, 0.3) is 5.69 Å². The molecule has 0 radical (unpaired) electrons. The Morgan fingerprint density at radius 1 is 1.33 bits per heavy atom. The average Bonchev–Trinajstić information content (AvgIpc) is 2.50. The lowest BCUT2D eigenvalue weighted by molar-refractivity contribution is -0.384. The highest BCUT2D eigenvalue weighted by atomic mass is 35.5. The molecular formula is C12H17ClN2O3. The quantitative estimate of drug-likeness (QED) is 0.484. The van der Waals surface area contributed by atoms with Crippen molar-refractivity contribution in [3.05, 3.63) is 26.8 Å². The molecule has 18 heavy (non-hydrogen) atoms. The molecule has 0 atom stereocenters. The first-order valence-corrected chi connectivity index (χ1v) is 5.49. The molecule has 1 aromatic carbocycles. The van der Waals surface area contributed by atoms with E-state index in [1.807, 2.05) is 20.8 Å². The van der Waals surface area contributed by atoms with Gasteiger partial charge in [0, 0.05) is 6.42 Å². The predicted octanol–water partition coefficient (Wildman–Crippen LogP) is 2.93. The fraction of sp³-hybridized carbons (Fsp3) is 0.500. The third-order valence-corrected chi connectivity index (χ3v) is 3.29. The molecule has 6 heteroatoms. The van der Waals surface area contributed by atoms with Crippen LogP contribution in [0.5, 0.6) is 5.75 Å². The van der Waals surface area contributed by atoms with Crippen LogP contribution in [0.4, 0.5) is 11.4 Å². The second kappa shape index (κ2) is 4.31. The van der Waals surface area contributed by atoms with Gasteiger partial charge in [0.2, 0.25) is 0 Å². The highest BCUT2D eigenvalue weighted by molar-refractivity contribution is 5.85. The molecule has 0 saturated carbocycles. The highest BCUT2D eigenvalue weighted by Gasteiger charge is 2.39. The zero-order valence-corrected chi connectivity index (χ0v) is 11.7. The van der Waals surface area contributed by atoms with Gasteiger partial charge in [-0.15, -0.1) is 12.4 Å². The summed E-state index contributed by atoms with van der Waals surface area (Å²) in [6.07, 6.45) is 0.518. The van der Waals surface area contributed by atoms with Crippen molar-refractivity contribution >= 4 is 23.8 Å². The van der Waals surface area contributed by atoms with Gasteiger partial charge < -0.3 is 10.5 Å². The van der Waals surface area contributed by atoms with Crippen LogP contribution in [0.1, 0.15) is 30.5 Å². The van der Waals surface area contributed by atoms with Crippen molar-refractivity contribution in [2.75, 3.05) is 5.73 Å². The van der Waals surface area contributed by atoms with Crippen molar-refractivity contribution < 1.29 is 9.66 Å². The van der Waals surface area contributed by atoms with Gasteiger partial charge in [0.15, 0.2) is 0 Å². The standard InChI is InChI=1S/C12H16N2O3.ClH/c1-6-7(2)11-8(5-12(3,4)17-11)10(9(6)13)14(15)16;/h5,13H2,1-4H3;1H. The van der Waals surface area contributed by atoms with Gasteiger partial charge in [-0.3, -0.25) is 10.1 Å². The summed E-state index contributed by atoms with van der Waals surface area (Å²) < 4.78 is 5.79.